The molecule has 1 N–H and O–H groups in total. The summed E-state index contributed by atoms with van der Waals surface area (Å²) < 4.78 is 1.88. The van der Waals surface area contributed by atoms with Gasteiger partial charge in [-0.2, -0.15) is 5.10 Å². The van der Waals surface area contributed by atoms with Crippen LogP contribution in [0.5, 0.6) is 0 Å². The second kappa shape index (κ2) is 8.74. The summed E-state index contributed by atoms with van der Waals surface area (Å²) in [4.78, 5) is 13.1. The summed E-state index contributed by atoms with van der Waals surface area (Å²) in [5.74, 6) is -0.0220. The topological polar surface area (TPSA) is 46.4 Å². The average molecular weight is 452 g/mol. The summed E-state index contributed by atoms with van der Waals surface area (Å²) in [7, 11) is 0. The van der Waals surface area contributed by atoms with Gasteiger partial charge in [-0.05, 0) is 54.3 Å². The van der Waals surface area contributed by atoms with Crippen molar-refractivity contribution in [1.29, 1.82) is 0 Å². The van der Waals surface area contributed by atoms with Crippen molar-refractivity contribution in [2.75, 3.05) is 0 Å². The zero-order chi connectivity index (χ0) is 22.1. The van der Waals surface area contributed by atoms with Crippen LogP contribution in [0, 0.1) is 6.92 Å². The van der Waals surface area contributed by atoms with Crippen LogP contribution in [0.2, 0.25) is 10.0 Å². The van der Waals surface area contributed by atoms with E-state index in [0.717, 1.165) is 33.6 Å². The molecule has 2 aromatic carbocycles. The Kier molecular flexibility index (Phi) is 6.03. The molecule has 0 saturated carbocycles. The van der Waals surface area contributed by atoms with Gasteiger partial charge in [0.15, 0.2) is 0 Å². The van der Waals surface area contributed by atoms with Crippen molar-refractivity contribution in [3.63, 3.8) is 0 Å². The number of carbonyl (C=O) groups is 1. The van der Waals surface area contributed by atoms with E-state index in [1.165, 1.54) is 0 Å². The van der Waals surface area contributed by atoms with Crippen molar-refractivity contribution in [3.8, 4) is 11.1 Å². The third kappa shape index (κ3) is 4.32. The molecule has 4 rings (SSSR count). The van der Waals surface area contributed by atoms with Crippen LogP contribution < -0.4 is 5.32 Å². The molecule has 0 fully saturated rings. The van der Waals surface area contributed by atoms with Gasteiger partial charge in [0.05, 0.1) is 22.5 Å². The van der Waals surface area contributed by atoms with Gasteiger partial charge in [0.1, 0.15) is 0 Å². The number of hydrogen-bond donors (Lipinski definition) is 1. The van der Waals surface area contributed by atoms with Crippen molar-refractivity contribution in [2.45, 2.75) is 33.2 Å². The van der Waals surface area contributed by atoms with E-state index in [-0.39, 0.29) is 11.8 Å². The number of aromatic nitrogens is 2. The molecule has 4 nitrogen and oxygen atoms in total. The SMILES string of the molecule is Cc1nn2c(C(C)C)c(C(=O)NCc3ccccc3)ccc2c1-c1cc(Cl)cc(Cl)c1. The number of rotatable bonds is 5. The number of amides is 1. The first-order valence-corrected chi connectivity index (χ1v) is 10.9. The summed E-state index contributed by atoms with van der Waals surface area (Å²) in [6.45, 7) is 6.56. The number of fused-ring (bicyclic) bond motifs is 1. The van der Waals surface area contributed by atoms with Crippen LogP contribution in [0.3, 0.4) is 0 Å². The molecule has 2 heterocycles. The first-order valence-electron chi connectivity index (χ1n) is 10.2. The number of halogens is 2. The highest BCUT2D eigenvalue weighted by Crippen LogP contribution is 2.34. The number of carbonyl (C=O) groups excluding carboxylic acids is 1. The van der Waals surface area contributed by atoms with E-state index >= 15 is 0 Å². The fraction of sp³-hybridized carbons (Fsp3) is 0.200. The van der Waals surface area contributed by atoms with Crippen LogP contribution in [0.4, 0.5) is 0 Å². The number of aryl methyl sites for hydroxylation is 1. The minimum Gasteiger partial charge on any atom is -0.348 e. The molecule has 0 unspecified atom stereocenters. The highest BCUT2D eigenvalue weighted by atomic mass is 35.5. The van der Waals surface area contributed by atoms with Crippen LogP contribution >= 0.6 is 23.2 Å². The predicted molar refractivity (Wildman–Crippen MR) is 127 cm³/mol. The number of nitrogens with zero attached hydrogens (tertiary/aromatic N) is 2. The van der Waals surface area contributed by atoms with E-state index in [4.69, 9.17) is 28.3 Å². The molecule has 0 saturated heterocycles. The molecule has 0 aliphatic rings. The molecule has 1 amide bonds. The molecule has 6 heteroatoms. The van der Waals surface area contributed by atoms with E-state index in [9.17, 15) is 4.79 Å². The smallest absolute Gasteiger partial charge is 0.253 e. The molecular weight excluding hydrogens is 429 g/mol. The lowest BCUT2D eigenvalue weighted by atomic mass is 10.00. The normalized spacial score (nSPS) is 11.3. The number of nitrogens with one attached hydrogen (secondary N) is 1. The van der Waals surface area contributed by atoms with E-state index in [2.05, 4.69) is 19.2 Å². The largest absolute Gasteiger partial charge is 0.348 e. The van der Waals surface area contributed by atoms with E-state index < -0.39 is 0 Å². The molecule has 0 bridgehead atoms. The quantitative estimate of drug-likeness (QED) is 0.368. The molecule has 0 radical (unpaired) electrons. The molecule has 4 aromatic rings. The first-order chi connectivity index (χ1) is 14.8. The van der Waals surface area contributed by atoms with Crippen LogP contribution in [-0.4, -0.2) is 15.5 Å². The Morgan fingerprint density at radius 1 is 1.03 bits per heavy atom. The third-order valence-electron chi connectivity index (χ3n) is 5.25. The highest BCUT2D eigenvalue weighted by Gasteiger charge is 2.21. The van der Waals surface area contributed by atoms with Crippen molar-refractivity contribution in [1.82, 2.24) is 14.9 Å². The van der Waals surface area contributed by atoms with Gasteiger partial charge >= 0.3 is 0 Å². The molecule has 0 atom stereocenters. The number of benzene rings is 2. The maximum absolute atomic E-state index is 13.1. The molecule has 31 heavy (non-hydrogen) atoms. The van der Waals surface area contributed by atoms with E-state index in [0.29, 0.717) is 22.2 Å². The highest BCUT2D eigenvalue weighted by molar-refractivity contribution is 6.35. The third-order valence-corrected chi connectivity index (χ3v) is 5.68. The van der Waals surface area contributed by atoms with Crippen molar-refractivity contribution < 1.29 is 4.79 Å². The summed E-state index contributed by atoms with van der Waals surface area (Å²) in [6.07, 6.45) is 0. The Bertz CT molecular complexity index is 1240. The lowest BCUT2D eigenvalue weighted by molar-refractivity contribution is 0.0949. The molecule has 0 spiro atoms. The minimum atomic E-state index is -0.116. The zero-order valence-electron chi connectivity index (χ0n) is 17.6. The minimum absolute atomic E-state index is 0.0938. The lowest BCUT2D eigenvalue weighted by Crippen LogP contribution is -2.25. The first kappa shape index (κ1) is 21.4. The summed E-state index contributed by atoms with van der Waals surface area (Å²) in [5.41, 5.74) is 6.17. The predicted octanol–water partition coefficient (Wildman–Crippen LogP) is 6.67. The summed E-state index contributed by atoms with van der Waals surface area (Å²) in [5, 5.41) is 8.95. The van der Waals surface area contributed by atoms with Gasteiger partial charge in [-0.25, -0.2) is 4.52 Å². The van der Waals surface area contributed by atoms with Crippen LogP contribution in [-0.2, 0) is 6.54 Å². The van der Waals surface area contributed by atoms with Gasteiger partial charge in [-0.3, -0.25) is 4.79 Å². The zero-order valence-corrected chi connectivity index (χ0v) is 19.1. The van der Waals surface area contributed by atoms with Gasteiger partial charge < -0.3 is 5.32 Å². The number of hydrogen-bond acceptors (Lipinski definition) is 2. The van der Waals surface area contributed by atoms with Crippen molar-refractivity contribution in [2.24, 2.45) is 0 Å². The van der Waals surface area contributed by atoms with Gasteiger partial charge in [-0.1, -0.05) is 67.4 Å². The van der Waals surface area contributed by atoms with Crippen LogP contribution in [0.15, 0.2) is 60.7 Å². The fourth-order valence-corrected chi connectivity index (χ4v) is 4.45. The Morgan fingerprint density at radius 2 is 1.71 bits per heavy atom. The van der Waals surface area contributed by atoms with Gasteiger partial charge in [-0.15, -0.1) is 0 Å². The lowest BCUT2D eigenvalue weighted by Gasteiger charge is -2.15. The Hall–Kier alpha value is -2.82. The molecule has 2 aromatic heterocycles. The average Bonchev–Trinajstić information content (AvgIpc) is 3.06. The van der Waals surface area contributed by atoms with Crippen molar-refractivity contribution in [3.05, 3.63) is 93.2 Å². The van der Waals surface area contributed by atoms with E-state index in [1.54, 1.807) is 6.07 Å². The maximum Gasteiger partial charge on any atom is 0.253 e. The Balaban J connectivity index is 1.78. The van der Waals surface area contributed by atoms with Crippen LogP contribution in [0.25, 0.3) is 16.6 Å². The van der Waals surface area contributed by atoms with Gasteiger partial charge in [0, 0.05) is 22.2 Å². The second-order valence-electron chi connectivity index (χ2n) is 7.87. The van der Waals surface area contributed by atoms with Crippen LogP contribution in [0.1, 0.15) is 47.1 Å². The Morgan fingerprint density at radius 3 is 2.35 bits per heavy atom. The molecule has 0 aliphatic heterocycles. The van der Waals surface area contributed by atoms with Gasteiger partial charge in [0.25, 0.3) is 5.91 Å². The maximum atomic E-state index is 13.1. The molecule has 158 valence electrons. The fourth-order valence-electron chi connectivity index (χ4n) is 3.92. The molecular formula is C25H23Cl2N3O. The Labute approximate surface area is 191 Å². The summed E-state index contributed by atoms with van der Waals surface area (Å²) >= 11 is 12.5. The van der Waals surface area contributed by atoms with Gasteiger partial charge in [0.2, 0.25) is 0 Å². The number of pyridine rings is 1. The van der Waals surface area contributed by atoms with E-state index in [1.807, 2.05) is 66.0 Å². The second-order valence-corrected chi connectivity index (χ2v) is 8.74. The molecule has 0 aliphatic carbocycles. The van der Waals surface area contributed by atoms with Crippen molar-refractivity contribution >= 4 is 34.6 Å². The monoisotopic (exact) mass is 451 g/mol. The standard InChI is InChI=1S/C25H23Cl2N3O/c1-15(2)24-21(25(31)28-14-17-7-5-4-6-8-17)9-10-22-23(16(3)29-30(22)24)18-11-19(26)13-20(27)12-18/h4-13,15H,14H2,1-3H3,(H,28,31). The summed E-state index contributed by atoms with van der Waals surface area (Å²) in [6, 6.07) is 19.2.